The molecule has 3 heterocycles. The van der Waals surface area contributed by atoms with Gasteiger partial charge in [0.05, 0.1) is 6.54 Å². The molecule has 4 rings (SSSR count). The van der Waals surface area contributed by atoms with Crippen LogP contribution in [0.5, 0.6) is 0 Å². The summed E-state index contributed by atoms with van der Waals surface area (Å²) >= 11 is 0. The summed E-state index contributed by atoms with van der Waals surface area (Å²) < 4.78 is 1.56. The maximum Gasteiger partial charge on any atom is 0.274 e. The highest BCUT2D eigenvalue weighted by atomic mass is 16.2. The fraction of sp³-hybridized carbons (Fsp3) is 0.545. The molecule has 2 amide bonds. The molecule has 1 aromatic heterocycles. The zero-order valence-electron chi connectivity index (χ0n) is 17.7. The van der Waals surface area contributed by atoms with Crippen LogP contribution < -0.4 is 15.5 Å². The van der Waals surface area contributed by atoms with Crippen LogP contribution in [0.25, 0.3) is 0 Å². The molecule has 30 heavy (non-hydrogen) atoms. The van der Waals surface area contributed by atoms with Crippen molar-refractivity contribution < 1.29 is 9.59 Å². The van der Waals surface area contributed by atoms with Gasteiger partial charge in [0, 0.05) is 31.4 Å². The fourth-order valence-corrected chi connectivity index (χ4v) is 4.43. The summed E-state index contributed by atoms with van der Waals surface area (Å²) in [7, 11) is 0. The number of aryl methyl sites for hydroxylation is 1. The van der Waals surface area contributed by atoms with Crippen LogP contribution in [-0.2, 0) is 13.0 Å². The molecule has 8 nitrogen and oxygen atoms in total. The highest BCUT2D eigenvalue weighted by Crippen LogP contribution is 2.26. The van der Waals surface area contributed by atoms with Gasteiger partial charge >= 0.3 is 0 Å². The van der Waals surface area contributed by atoms with Gasteiger partial charge in [-0.1, -0.05) is 37.3 Å². The second kappa shape index (κ2) is 8.85. The van der Waals surface area contributed by atoms with E-state index in [2.05, 4.69) is 64.0 Å². The van der Waals surface area contributed by atoms with Crippen LogP contribution in [0.3, 0.4) is 0 Å². The zero-order chi connectivity index (χ0) is 21.1. The molecule has 0 bridgehead atoms. The van der Waals surface area contributed by atoms with Gasteiger partial charge in [0.25, 0.3) is 11.8 Å². The van der Waals surface area contributed by atoms with Gasteiger partial charge in [-0.05, 0) is 43.2 Å². The van der Waals surface area contributed by atoms with E-state index in [0.29, 0.717) is 19.0 Å². The number of nitrogens with zero attached hydrogens (tertiary/aromatic N) is 4. The van der Waals surface area contributed by atoms with Crippen LogP contribution in [0.1, 0.15) is 59.7 Å². The van der Waals surface area contributed by atoms with E-state index in [1.807, 2.05) is 0 Å². The Morgan fingerprint density at radius 2 is 2.17 bits per heavy atom. The van der Waals surface area contributed by atoms with Crippen LogP contribution in [-0.4, -0.2) is 52.5 Å². The van der Waals surface area contributed by atoms with Crippen molar-refractivity contribution >= 4 is 17.5 Å². The summed E-state index contributed by atoms with van der Waals surface area (Å²) in [5.41, 5.74) is 3.07. The lowest BCUT2D eigenvalue weighted by Crippen LogP contribution is -2.46. The van der Waals surface area contributed by atoms with Crippen molar-refractivity contribution in [3.8, 4) is 0 Å². The van der Waals surface area contributed by atoms with Crippen LogP contribution in [0.4, 0.5) is 5.69 Å². The maximum absolute atomic E-state index is 12.6. The number of amides is 2. The quantitative estimate of drug-likeness (QED) is 0.682. The van der Waals surface area contributed by atoms with Gasteiger partial charge in [-0.3, -0.25) is 9.59 Å². The molecular weight excluding hydrogens is 380 g/mol. The van der Waals surface area contributed by atoms with Crippen LogP contribution in [0.2, 0.25) is 0 Å². The lowest BCUT2D eigenvalue weighted by atomic mass is 10.0. The van der Waals surface area contributed by atoms with Crippen LogP contribution in [0, 0.1) is 5.92 Å². The summed E-state index contributed by atoms with van der Waals surface area (Å²) in [5.74, 6) is -0.144. The van der Waals surface area contributed by atoms with E-state index in [9.17, 15) is 9.59 Å². The number of aromatic nitrogens is 3. The third-order valence-corrected chi connectivity index (χ3v) is 5.75. The number of para-hydroxylation sites is 1. The average molecular weight is 411 g/mol. The second-order valence-electron chi connectivity index (χ2n) is 8.60. The molecule has 8 heteroatoms. The first-order valence-electron chi connectivity index (χ1n) is 10.9. The SMILES string of the molecule is CC(C)CC1Cn2nnc(C(=O)NCCCN3CCCc4ccccc43)c2C(=O)N1. The topological polar surface area (TPSA) is 92.2 Å². The molecule has 2 aliphatic heterocycles. The Kier molecular flexibility index (Phi) is 6.01. The highest BCUT2D eigenvalue weighted by Gasteiger charge is 2.32. The summed E-state index contributed by atoms with van der Waals surface area (Å²) in [4.78, 5) is 27.5. The Bertz CT molecular complexity index is 922. The third-order valence-electron chi connectivity index (χ3n) is 5.75. The normalized spacial score (nSPS) is 18.0. The number of fused-ring (bicyclic) bond motifs is 2. The Morgan fingerprint density at radius 1 is 1.33 bits per heavy atom. The molecule has 0 saturated carbocycles. The molecule has 2 aliphatic rings. The average Bonchev–Trinajstić information content (AvgIpc) is 3.15. The molecule has 1 unspecified atom stereocenters. The van der Waals surface area contributed by atoms with Crippen molar-refractivity contribution in [3.05, 3.63) is 41.2 Å². The minimum absolute atomic E-state index is 0.0232. The molecule has 0 saturated heterocycles. The summed E-state index contributed by atoms with van der Waals surface area (Å²) in [6.07, 6.45) is 3.98. The second-order valence-corrected chi connectivity index (χ2v) is 8.60. The maximum atomic E-state index is 12.6. The van der Waals surface area contributed by atoms with Crippen molar-refractivity contribution in [1.29, 1.82) is 0 Å². The van der Waals surface area contributed by atoms with Crippen molar-refractivity contribution in [2.75, 3.05) is 24.5 Å². The van der Waals surface area contributed by atoms with E-state index in [1.54, 1.807) is 4.68 Å². The number of benzene rings is 1. The first-order chi connectivity index (χ1) is 14.5. The first kappa shape index (κ1) is 20.4. The Labute approximate surface area is 177 Å². The number of anilines is 1. The van der Waals surface area contributed by atoms with E-state index in [0.717, 1.165) is 38.8 Å². The molecule has 2 N–H and O–H groups in total. The lowest BCUT2D eigenvalue weighted by molar-refractivity contribution is 0.0870. The molecule has 1 aromatic carbocycles. The van der Waals surface area contributed by atoms with E-state index < -0.39 is 0 Å². The van der Waals surface area contributed by atoms with Crippen molar-refractivity contribution in [2.24, 2.45) is 5.92 Å². The number of rotatable bonds is 7. The minimum atomic E-state index is -0.340. The lowest BCUT2D eigenvalue weighted by Gasteiger charge is -2.31. The third kappa shape index (κ3) is 4.32. The Balaban J connectivity index is 1.31. The molecule has 0 aliphatic carbocycles. The van der Waals surface area contributed by atoms with Gasteiger partial charge in [-0.15, -0.1) is 5.10 Å². The highest BCUT2D eigenvalue weighted by molar-refractivity contribution is 6.05. The Morgan fingerprint density at radius 3 is 3.00 bits per heavy atom. The first-order valence-corrected chi connectivity index (χ1v) is 10.9. The molecule has 160 valence electrons. The summed E-state index contributed by atoms with van der Waals surface area (Å²) in [6.45, 7) is 7.24. The monoisotopic (exact) mass is 410 g/mol. The number of nitrogens with one attached hydrogen (secondary N) is 2. The number of carbonyl (C=O) groups is 2. The predicted molar refractivity (Wildman–Crippen MR) is 115 cm³/mol. The molecule has 0 fully saturated rings. The minimum Gasteiger partial charge on any atom is -0.371 e. The zero-order valence-corrected chi connectivity index (χ0v) is 17.7. The van der Waals surface area contributed by atoms with Gasteiger partial charge in [0.2, 0.25) is 0 Å². The predicted octanol–water partition coefficient (Wildman–Crippen LogP) is 2.01. The summed E-state index contributed by atoms with van der Waals surface area (Å²) in [6, 6.07) is 8.54. The van der Waals surface area contributed by atoms with Gasteiger partial charge in [0.1, 0.15) is 0 Å². The Hall–Kier alpha value is -2.90. The van der Waals surface area contributed by atoms with E-state index >= 15 is 0 Å². The number of carbonyl (C=O) groups excluding carboxylic acids is 2. The van der Waals surface area contributed by atoms with Crippen LogP contribution >= 0.6 is 0 Å². The van der Waals surface area contributed by atoms with Gasteiger partial charge < -0.3 is 15.5 Å². The van der Waals surface area contributed by atoms with Crippen molar-refractivity contribution in [1.82, 2.24) is 25.6 Å². The van der Waals surface area contributed by atoms with Crippen molar-refractivity contribution in [2.45, 2.75) is 52.1 Å². The fourth-order valence-electron chi connectivity index (χ4n) is 4.43. The van der Waals surface area contributed by atoms with E-state index in [-0.39, 0.29) is 29.2 Å². The molecule has 0 spiro atoms. The van der Waals surface area contributed by atoms with Crippen molar-refractivity contribution in [3.63, 3.8) is 0 Å². The number of hydrogen-bond acceptors (Lipinski definition) is 5. The largest absolute Gasteiger partial charge is 0.371 e. The standard InChI is InChI=1S/C22H30N6O2/c1-15(2)13-17-14-28-20(22(30)24-17)19(25-26-28)21(29)23-10-6-12-27-11-5-8-16-7-3-4-9-18(16)27/h3-4,7,9,15,17H,5-6,8,10-14H2,1-2H3,(H,23,29)(H,24,30). The van der Waals surface area contributed by atoms with E-state index in [4.69, 9.17) is 0 Å². The van der Waals surface area contributed by atoms with Gasteiger partial charge in [0.15, 0.2) is 11.4 Å². The molecule has 2 aromatic rings. The molecule has 1 atom stereocenters. The van der Waals surface area contributed by atoms with Gasteiger partial charge in [-0.25, -0.2) is 4.68 Å². The number of hydrogen-bond donors (Lipinski definition) is 2. The van der Waals surface area contributed by atoms with Crippen LogP contribution in [0.15, 0.2) is 24.3 Å². The smallest absolute Gasteiger partial charge is 0.274 e. The van der Waals surface area contributed by atoms with E-state index in [1.165, 1.54) is 11.3 Å². The van der Waals surface area contributed by atoms with Gasteiger partial charge in [-0.2, -0.15) is 0 Å². The summed E-state index contributed by atoms with van der Waals surface area (Å²) in [5, 5.41) is 13.9. The molecule has 0 radical (unpaired) electrons. The molecular formula is C22H30N6O2.